The van der Waals surface area contributed by atoms with Gasteiger partial charge in [0.15, 0.2) is 0 Å². The smallest absolute Gasteiger partial charge is 0.110 e. The first kappa shape index (κ1) is 12.0. The largest absolute Gasteiger partial charge is 0.381 e. The molecular formula is C12H20N2OS. The Balaban J connectivity index is 1.85. The molecule has 3 nitrogen and oxygen atoms in total. The molecule has 1 fully saturated rings. The summed E-state index contributed by atoms with van der Waals surface area (Å²) in [4.78, 5) is 5.75. The number of rotatable bonds is 5. The number of thiazole rings is 1. The molecule has 0 aliphatic carbocycles. The zero-order valence-electron chi connectivity index (χ0n) is 10.0. The highest BCUT2D eigenvalue weighted by Crippen LogP contribution is 2.22. The predicted octanol–water partition coefficient (Wildman–Crippen LogP) is 2.53. The Kier molecular flexibility index (Phi) is 4.32. The van der Waals surface area contributed by atoms with Crippen molar-refractivity contribution in [3.05, 3.63) is 16.1 Å². The van der Waals surface area contributed by atoms with Gasteiger partial charge in [0.2, 0.25) is 0 Å². The minimum Gasteiger partial charge on any atom is -0.381 e. The maximum absolute atomic E-state index is 5.38. The maximum atomic E-state index is 5.38. The molecule has 1 aromatic rings. The number of aryl methyl sites for hydroxylation is 1. The fraction of sp³-hybridized carbons (Fsp3) is 0.750. The topological polar surface area (TPSA) is 34.1 Å². The number of hydrogen-bond donors (Lipinski definition) is 1. The second-order valence-corrected chi connectivity index (χ2v) is 5.67. The SMILES string of the molecule is CCC(NCC1CCOC1)c1ncc(C)s1. The molecule has 1 aliphatic rings. The molecule has 0 aromatic carbocycles. The zero-order valence-corrected chi connectivity index (χ0v) is 10.8. The molecule has 2 atom stereocenters. The molecule has 4 heteroatoms. The molecule has 0 amide bonds. The molecule has 2 unspecified atom stereocenters. The van der Waals surface area contributed by atoms with Crippen LogP contribution in [0.15, 0.2) is 6.20 Å². The van der Waals surface area contributed by atoms with Crippen molar-refractivity contribution in [2.24, 2.45) is 5.92 Å². The van der Waals surface area contributed by atoms with Gasteiger partial charge in [-0.1, -0.05) is 6.92 Å². The van der Waals surface area contributed by atoms with Gasteiger partial charge in [0.25, 0.3) is 0 Å². The summed E-state index contributed by atoms with van der Waals surface area (Å²) in [7, 11) is 0. The summed E-state index contributed by atoms with van der Waals surface area (Å²) < 4.78 is 5.38. The monoisotopic (exact) mass is 240 g/mol. The van der Waals surface area contributed by atoms with Gasteiger partial charge in [0, 0.05) is 24.2 Å². The van der Waals surface area contributed by atoms with Crippen molar-refractivity contribution < 1.29 is 4.74 Å². The molecule has 16 heavy (non-hydrogen) atoms. The standard InChI is InChI=1S/C12H20N2OS/c1-3-11(12-14-6-9(2)16-12)13-7-10-4-5-15-8-10/h6,10-11,13H,3-5,7-8H2,1-2H3. The van der Waals surface area contributed by atoms with Crippen molar-refractivity contribution in [1.29, 1.82) is 0 Å². The highest BCUT2D eigenvalue weighted by molar-refractivity contribution is 7.11. The van der Waals surface area contributed by atoms with Gasteiger partial charge in [-0.05, 0) is 25.7 Å². The molecule has 1 saturated heterocycles. The second-order valence-electron chi connectivity index (χ2n) is 4.41. The Morgan fingerprint density at radius 2 is 2.56 bits per heavy atom. The van der Waals surface area contributed by atoms with Crippen molar-refractivity contribution in [3.63, 3.8) is 0 Å². The molecule has 0 bridgehead atoms. The quantitative estimate of drug-likeness (QED) is 0.859. The molecule has 2 rings (SSSR count). The number of nitrogens with zero attached hydrogens (tertiary/aromatic N) is 1. The second kappa shape index (κ2) is 5.75. The van der Waals surface area contributed by atoms with Gasteiger partial charge < -0.3 is 10.1 Å². The van der Waals surface area contributed by atoms with E-state index in [1.54, 1.807) is 11.3 Å². The van der Waals surface area contributed by atoms with E-state index in [4.69, 9.17) is 4.74 Å². The number of nitrogens with one attached hydrogen (secondary N) is 1. The van der Waals surface area contributed by atoms with E-state index in [0.717, 1.165) is 26.2 Å². The van der Waals surface area contributed by atoms with E-state index >= 15 is 0 Å². The lowest BCUT2D eigenvalue weighted by atomic mass is 10.1. The minimum absolute atomic E-state index is 0.416. The molecule has 90 valence electrons. The average Bonchev–Trinajstić information content (AvgIpc) is 2.91. The van der Waals surface area contributed by atoms with E-state index in [-0.39, 0.29) is 0 Å². The Labute approximate surface area is 101 Å². The third-order valence-electron chi connectivity index (χ3n) is 3.02. The van der Waals surface area contributed by atoms with E-state index in [0.29, 0.717) is 12.0 Å². The zero-order chi connectivity index (χ0) is 11.4. The Hall–Kier alpha value is -0.450. The molecule has 0 saturated carbocycles. The first-order valence-corrected chi connectivity index (χ1v) is 6.84. The van der Waals surface area contributed by atoms with Gasteiger partial charge in [-0.2, -0.15) is 0 Å². The van der Waals surface area contributed by atoms with Crippen molar-refractivity contribution in [2.75, 3.05) is 19.8 Å². The summed E-state index contributed by atoms with van der Waals surface area (Å²) in [6, 6.07) is 0.416. The van der Waals surface area contributed by atoms with Gasteiger partial charge in [-0.3, -0.25) is 0 Å². The Morgan fingerprint density at radius 3 is 3.12 bits per heavy atom. The van der Waals surface area contributed by atoms with E-state index in [1.807, 2.05) is 6.20 Å². The fourth-order valence-corrected chi connectivity index (χ4v) is 2.93. The molecule has 1 aliphatic heterocycles. The fourth-order valence-electron chi connectivity index (χ4n) is 1.99. The first-order chi connectivity index (χ1) is 7.79. The van der Waals surface area contributed by atoms with Crippen LogP contribution in [0.25, 0.3) is 0 Å². The molecular weight excluding hydrogens is 220 g/mol. The van der Waals surface area contributed by atoms with E-state index < -0.39 is 0 Å². The Bertz CT molecular complexity index is 321. The summed E-state index contributed by atoms with van der Waals surface area (Å²) >= 11 is 1.80. The van der Waals surface area contributed by atoms with Crippen LogP contribution < -0.4 is 5.32 Å². The minimum atomic E-state index is 0.416. The molecule has 2 heterocycles. The first-order valence-electron chi connectivity index (χ1n) is 6.03. The lowest BCUT2D eigenvalue weighted by molar-refractivity contribution is 0.184. The molecule has 1 N–H and O–H groups in total. The van der Waals surface area contributed by atoms with E-state index in [2.05, 4.69) is 24.1 Å². The van der Waals surface area contributed by atoms with Gasteiger partial charge in [0.1, 0.15) is 5.01 Å². The van der Waals surface area contributed by atoms with Crippen LogP contribution in [0.5, 0.6) is 0 Å². The van der Waals surface area contributed by atoms with Gasteiger partial charge in [0.05, 0.1) is 12.6 Å². The van der Waals surface area contributed by atoms with Crippen LogP contribution in [-0.2, 0) is 4.74 Å². The summed E-state index contributed by atoms with van der Waals surface area (Å²) in [5, 5.41) is 4.83. The van der Waals surface area contributed by atoms with Crippen LogP contribution in [0, 0.1) is 12.8 Å². The Morgan fingerprint density at radius 1 is 1.69 bits per heavy atom. The van der Waals surface area contributed by atoms with Crippen molar-refractivity contribution in [2.45, 2.75) is 32.7 Å². The summed E-state index contributed by atoms with van der Waals surface area (Å²) in [5.41, 5.74) is 0. The highest BCUT2D eigenvalue weighted by Gasteiger charge is 2.18. The van der Waals surface area contributed by atoms with Crippen molar-refractivity contribution >= 4 is 11.3 Å². The molecule has 0 spiro atoms. The molecule has 1 aromatic heterocycles. The summed E-state index contributed by atoms with van der Waals surface area (Å²) in [6.07, 6.45) is 4.25. The summed E-state index contributed by atoms with van der Waals surface area (Å²) in [5.74, 6) is 0.690. The number of hydrogen-bond acceptors (Lipinski definition) is 4. The maximum Gasteiger partial charge on any atom is 0.110 e. The van der Waals surface area contributed by atoms with Crippen LogP contribution in [-0.4, -0.2) is 24.7 Å². The number of aromatic nitrogens is 1. The van der Waals surface area contributed by atoms with Crippen molar-refractivity contribution in [1.82, 2.24) is 10.3 Å². The van der Waals surface area contributed by atoms with Gasteiger partial charge in [-0.25, -0.2) is 4.98 Å². The van der Waals surface area contributed by atoms with Crippen LogP contribution in [0.4, 0.5) is 0 Å². The lowest BCUT2D eigenvalue weighted by Gasteiger charge is -2.16. The number of ether oxygens (including phenoxy) is 1. The van der Waals surface area contributed by atoms with Crippen LogP contribution in [0.1, 0.15) is 35.7 Å². The van der Waals surface area contributed by atoms with E-state index in [9.17, 15) is 0 Å². The average molecular weight is 240 g/mol. The van der Waals surface area contributed by atoms with Crippen LogP contribution in [0.2, 0.25) is 0 Å². The third-order valence-corrected chi connectivity index (χ3v) is 4.05. The molecule has 0 radical (unpaired) electrons. The lowest BCUT2D eigenvalue weighted by Crippen LogP contribution is -2.27. The van der Waals surface area contributed by atoms with Crippen LogP contribution >= 0.6 is 11.3 Å². The van der Waals surface area contributed by atoms with E-state index in [1.165, 1.54) is 16.3 Å². The van der Waals surface area contributed by atoms with Crippen LogP contribution in [0.3, 0.4) is 0 Å². The van der Waals surface area contributed by atoms with Crippen molar-refractivity contribution in [3.8, 4) is 0 Å². The van der Waals surface area contributed by atoms with Gasteiger partial charge in [-0.15, -0.1) is 11.3 Å². The van der Waals surface area contributed by atoms with Gasteiger partial charge >= 0.3 is 0 Å². The highest BCUT2D eigenvalue weighted by atomic mass is 32.1. The third kappa shape index (κ3) is 3.03. The normalized spacial score (nSPS) is 22.5. The predicted molar refractivity (Wildman–Crippen MR) is 66.8 cm³/mol. The summed E-state index contributed by atoms with van der Waals surface area (Å²) in [6.45, 7) is 7.22.